The number of pyridine rings is 1. The maximum atomic E-state index is 11.6. The SMILES string of the molecule is COc1ncc(Cl)cc1C=CCNC(=O)OCc1ccccc1. The molecule has 6 heteroatoms. The molecule has 120 valence electrons. The van der Waals surface area contributed by atoms with Gasteiger partial charge in [-0.15, -0.1) is 0 Å². The molecule has 2 aromatic rings. The summed E-state index contributed by atoms with van der Waals surface area (Å²) in [5, 5.41) is 3.15. The average Bonchev–Trinajstić information content (AvgIpc) is 2.58. The number of carbonyl (C=O) groups excluding carboxylic acids is 1. The van der Waals surface area contributed by atoms with Crippen molar-refractivity contribution in [2.24, 2.45) is 0 Å². The highest BCUT2D eigenvalue weighted by molar-refractivity contribution is 6.30. The van der Waals surface area contributed by atoms with E-state index >= 15 is 0 Å². The van der Waals surface area contributed by atoms with Crippen molar-refractivity contribution in [2.45, 2.75) is 6.61 Å². The number of aromatic nitrogens is 1. The lowest BCUT2D eigenvalue weighted by Gasteiger charge is -2.06. The maximum absolute atomic E-state index is 11.6. The van der Waals surface area contributed by atoms with E-state index in [0.717, 1.165) is 11.1 Å². The fourth-order valence-corrected chi connectivity index (χ4v) is 2.00. The third-order valence-corrected chi connectivity index (χ3v) is 3.12. The fourth-order valence-electron chi connectivity index (χ4n) is 1.83. The van der Waals surface area contributed by atoms with Gasteiger partial charge >= 0.3 is 6.09 Å². The summed E-state index contributed by atoms with van der Waals surface area (Å²) in [4.78, 5) is 15.6. The van der Waals surface area contributed by atoms with Crippen LogP contribution in [0.25, 0.3) is 6.08 Å². The molecule has 0 aliphatic carbocycles. The first-order valence-corrected chi connectivity index (χ1v) is 7.37. The Hall–Kier alpha value is -2.53. The number of ether oxygens (including phenoxy) is 2. The molecular formula is C17H17ClN2O3. The monoisotopic (exact) mass is 332 g/mol. The van der Waals surface area contributed by atoms with Crippen LogP contribution in [0.1, 0.15) is 11.1 Å². The molecule has 5 nitrogen and oxygen atoms in total. The van der Waals surface area contributed by atoms with Crippen molar-refractivity contribution in [3.05, 3.63) is 64.8 Å². The molecule has 23 heavy (non-hydrogen) atoms. The Morgan fingerprint density at radius 2 is 2.13 bits per heavy atom. The number of halogens is 1. The number of hydrogen-bond acceptors (Lipinski definition) is 4. The van der Waals surface area contributed by atoms with Gasteiger partial charge < -0.3 is 14.8 Å². The van der Waals surface area contributed by atoms with Gasteiger partial charge in [0.25, 0.3) is 0 Å². The van der Waals surface area contributed by atoms with Crippen LogP contribution in [0.4, 0.5) is 4.79 Å². The Kier molecular flexibility index (Phi) is 6.44. The van der Waals surface area contributed by atoms with E-state index in [2.05, 4.69) is 10.3 Å². The molecule has 0 fully saturated rings. The Morgan fingerprint density at radius 1 is 1.35 bits per heavy atom. The molecule has 1 aromatic heterocycles. The molecule has 0 unspecified atom stereocenters. The van der Waals surface area contributed by atoms with E-state index in [0.29, 0.717) is 17.4 Å². The molecule has 1 amide bonds. The van der Waals surface area contributed by atoms with E-state index in [9.17, 15) is 4.79 Å². The summed E-state index contributed by atoms with van der Waals surface area (Å²) in [6.07, 6.45) is 4.57. The van der Waals surface area contributed by atoms with Crippen molar-refractivity contribution in [3.63, 3.8) is 0 Å². The van der Waals surface area contributed by atoms with Crippen LogP contribution < -0.4 is 10.1 Å². The van der Waals surface area contributed by atoms with Crippen LogP contribution in [0, 0.1) is 0 Å². The number of benzene rings is 1. The predicted octanol–water partition coefficient (Wildman–Crippen LogP) is 3.68. The highest BCUT2D eigenvalue weighted by atomic mass is 35.5. The molecule has 0 bridgehead atoms. The molecule has 0 atom stereocenters. The molecule has 0 saturated heterocycles. The highest BCUT2D eigenvalue weighted by Gasteiger charge is 2.03. The Morgan fingerprint density at radius 3 is 2.87 bits per heavy atom. The smallest absolute Gasteiger partial charge is 0.407 e. The summed E-state index contributed by atoms with van der Waals surface area (Å²) in [6, 6.07) is 11.2. The highest BCUT2D eigenvalue weighted by Crippen LogP contribution is 2.20. The fraction of sp³-hybridized carbons (Fsp3) is 0.176. The van der Waals surface area contributed by atoms with Crippen LogP contribution in [-0.2, 0) is 11.3 Å². The van der Waals surface area contributed by atoms with E-state index in [1.54, 1.807) is 18.2 Å². The quantitative estimate of drug-likeness (QED) is 0.876. The van der Waals surface area contributed by atoms with Crippen molar-refractivity contribution >= 4 is 23.8 Å². The van der Waals surface area contributed by atoms with Gasteiger partial charge in [-0.3, -0.25) is 0 Å². The van der Waals surface area contributed by atoms with Crippen LogP contribution in [0.3, 0.4) is 0 Å². The van der Waals surface area contributed by atoms with Crippen LogP contribution in [0.5, 0.6) is 5.88 Å². The summed E-state index contributed by atoms with van der Waals surface area (Å²) in [6.45, 7) is 0.561. The van der Waals surface area contributed by atoms with Gasteiger partial charge in [0.15, 0.2) is 0 Å². The van der Waals surface area contributed by atoms with Crippen LogP contribution in [0.15, 0.2) is 48.7 Å². The summed E-state index contributed by atoms with van der Waals surface area (Å²) in [5.41, 5.74) is 1.67. The van der Waals surface area contributed by atoms with E-state index in [1.807, 2.05) is 30.3 Å². The second-order valence-corrected chi connectivity index (χ2v) is 5.03. The number of nitrogens with zero attached hydrogens (tertiary/aromatic N) is 1. The largest absolute Gasteiger partial charge is 0.481 e. The van der Waals surface area contributed by atoms with E-state index < -0.39 is 6.09 Å². The van der Waals surface area contributed by atoms with Crippen LogP contribution in [0.2, 0.25) is 5.02 Å². The summed E-state index contributed by atoms with van der Waals surface area (Å²) >= 11 is 5.89. The Bertz CT molecular complexity index is 675. The van der Waals surface area contributed by atoms with E-state index in [1.165, 1.54) is 13.3 Å². The topological polar surface area (TPSA) is 60.5 Å². The first-order chi connectivity index (χ1) is 11.2. The third-order valence-electron chi connectivity index (χ3n) is 2.91. The van der Waals surface area contributed by atoms with Crippen molar-refractivity contribution < 1.29 is 14.3 Å². The first-order valence-electron chi connectivity index (χ1n) is 6.99. The molecular weight excluding hydrogens is 316 g/mol. The lowest BCUT2D eigenvalue weighted by molar-refractivity contribution is 0.141. The second kappa shape index (κ2) is 8.80. The van der Waals surface area contributed by atoms with Crippen LogP contribution >= 0.6 is 11.6 Å². The molecule has 0 radical (unpaired) electrons. The van der Waals surface area contributed by atoms with Gasteiger partial charge in [0, 0.05) is 18.3 Å². The maximum Gasteiger partial charge on any atom is 0.407 e. The van der Waals surface area contributed by atoms with Gasteiger partial charge in [0.2, 0.25) is 5.88 Å². The van der Waals surface area contributed by atoms with Crippen molar-refractivity contribution in [3.8, 4) is 5.88 Å². The Balaban J connectivity index is 1.78. The minimum absolute atomic E-state index is 0.239. The van der Waals surface area contributed by atoms with E-state index in [-0.39, 0.29) is 6.61 Å². The second-order valence-electron chi connectivity index (χ2n) is 4.60. The lowest BCUT2D eigenvalue weighted by Crippen LogP contribution is -2.24. The minimum Gasteiger partial charge on any atom is -0.481 e. The van der Waals surface area contributed by atoms with Crippen molar-refractivity contribution in [1.29, 1.82) is 0 Å². The van der Waals surface area contributed by atoms with Crippen LogP contribution in [-0.4, -0.2) is 24.7 Å². The standard InChI is InChI=1S/C17H17ClN2O3/c1-22-16-14(10-15(18)11-20-16)8-5-9-19-17(21)23-12-13-6-3-2-4-7-13/h2-8,10-11H,9,12H2,1H3,(H,19,21). The zero-order valence-electron chi connectivity index (χ0n) is 12.7. The van der Waals surface area contributed by atoms with Crippen molar-refractivity contribution in [2.75, 3.05) is 13.7 Å². The molecule has 1 heterocycles. The molecule has 1 aromatic carbocycles. The molecule has 0 aliphatic heterocycles. The number of methoxy groups -OCH3 is 1. The molecule has 2 rings (SSSR count). The first kappa shape index (κ1) is 16.8. The average molecular weight is 333 g/mol. The molecule has 0 saturated carbocycles. The number of amides is 1. The molecule has 0 aliphatic rings. The van der Waals surface area contributed by atoms with Gasteiger partial charge in [0.05, 0.1) is 12.1 Å². The summed E-state index contributed by atoms with van der Waals surface area (Å²) in [5.74, 6) is 0.470. The van der Waals surface area contributed by atoms with Gasteiger partial charge in [-0.25, -0.2) is 9.78 Å². The third kappa shape index (κ3) is 5.64. The lowest BCUT2D eigenvalue weighted by atomic mass is 10.2. The normalized spacial score (nSPS) is 10.5. The zero-order chi connectivity index (χ0) is 16.5. The molecule has 0 spiro atoms. The van der Waals surface area contributed by atoms with E-state index in [4.69, 9.17) is 21.1 Å². The van der Waals surface area contributed by atoms with Gasteiger partial charge in [-0.05, 0) is 11.6 Å². The summed E-state index contributed by atoms with van der Waals surface area (Å²) in [7, 11) is 1.53. The van der Waals surface area contributed by atoms with Gasteiger partial charge in [-0.1, -0.05) is 54.1 Å². The number of rotatable bonds is 6. The van der Waals surface area contributed by atoms with Gasteiger partial charge in [-0.2, -0.15) is 0 Å². The number of hydrogen-bond donors (Lipinski definition) is 1. The zero-order valence-corrected chi connectivity index (χ0v) is 13.4. The predicted molar refractivity (Wildman–Crippen MR) is 89.5 cm³/mol. The number of alkyl carbamates (subject to hydrolysis) is 1. The van der Waals surface area contributed by atoms with Crippen molar-refractivity contribution in [1.82, 2.24) is 10.3 Å². The number of nitrogens with one attached hydrogen (secondary N) is 1. The minimum atomic E-state index is -0.477. The Labute approximate surface area is 139 Å². The van der Waals surface area contributed by atoms with Gasteiger partial charge in [0.1, 0.15) is 6.61 Å². The number of carbonyl (C=O) groups is 1. The molecule has 1 N–H and O–H groups in total. The summed E-state index contributed by atoms with van der Waals surface area (Å²) < 4.78 is 10.2.